The first-order chi connectivity index (χ1) is 9.73. The highest BCUT2D eigenvalue weighted by Crippen LogP contribution is 2.17. The van der Waals surface area contributed by atoms with Crippen LogP contribution >= 0.6 is 0 Å². The zero-order chi connectivity index (χ0) is 16.0. The summed E-state index contributed by atoms with van der Waals surface area (Å²) in [6, 6.07) is 14.0. The van der Waals surface area contributed by atoms with Gasteiger partial charge in [-0.05, 0) is 31.0 Å². The fraction of sp³-hybridized carbons (Fsp3) is 0.133. The maximum Gasteiger partial charge on any atom is 0.294 e. The van der Waals surface area contributed by atoms with E-state index in [1.807, 2.05) is 30.3 Å². The molecular weight excluding hydrogens is 288 g/mol. The van der Waals surface area contributed by atoms with Crippen LogP contribution in [0.25, 0.3) is 0 Å². The summed E-state index contributed by atoms with van der Waals surface area (Å²) in [5.41, 5.74) is 7.42. The molecule has 0 unspecified atom stereocenters. The quantitative estimate of drug-likeness (QED) is 0.450. The Bertz CT molecular complexity index is 726. The lowest BCUT2D eigenvalue weighted by Gasteiger charge is -2.03. The van der Waals surface area contributed by atoms with Crippen LogP contribution in [-0.2, 0) is 10.1 Å². The Balaban J connectivity index is 0.000000219. The Morgan fingerprint density at radius 1 is 1.05 bits per heavy atom. The fourth-order valence-corrected chi connectivity index (χ4v) is 2.42. The number of nitrogen functional groups attached to an aromatic ring is 1. The molecule has 0 aliphatic rings. The molecule has 5 nitrogen and oxygen atoms in total. The van der Waals surface area contributed by atoms with Gasteiger partial charge in [0.1, 0.15) is 5.84 Å². The summed E-state index contributed by atoms with van der Waals surface area (Å²) in [5, 5.41) is 7.01. The van der Waals surface area contributed by atoms with Gasteiger partial charge in [-0.2, -0.15) is 8.42 Å². The van der Waals surface area contributed by atoms with E-state index in [4.69, 9.17) is 15.7 Å². The van der Waals surface area contributed by atoms with Crippen LogP contribution in [0.1, 0.15) is 16.7 Å². The van der Waals surface area contributed by atoms with Crippen LogP contribution < -0.4 is 5.73 Å². The van der Waals surface area contributed by atoms with E-state index in [1.165, 1.54) is 6.07 Å². The molecule has 0 radical (unpaired) electrons. The van der Waals surface area contributed by atoms with Crippen LogP contribution in [0.3, 0.4) is 0 Å². The molecule has 0 saturated carbocycles. The van der Waals surface area contributed by atoms with Gasteiger partial charge in [-0.3, -0.25) is 9.96 Å². The van der Waals surface area contributed by atoms with Gasteiger partial charge in [0.2, 0.25) is 0 Å². The second-order valence-corrected chi connectivity index (χ2v) is 5.84. The van der Waals surface area contributed by atoms with E-state index in [2.05, 4.69) is 0 Å². The number of hydrogen-bond donors (Lipinski definition) is 3. The normalized spacial score (nSPS) is 10.4. The van der Waals surface area contributed by atoms with E-state index in [9.17, 15) is 8.42 Å². The Labute approximate surface area is 124 Å². The number of amidine groups is 1. The van der Waals surface area contributed by atoms with Crippen molar-refractivity contribution < 1.29 is 13.0 Å². The molecule has 0 aromatic heterocycles. The summed E-state index contributed by atoms with van der Waals surface area (Å²) in [4.78, 5) is -0.0116. The Morgan fingerprint density at radius 3 is 2.00 bits per heavy atom. The SMILES string of the molecule is Cc1cccc(S(=O)(=O)O)c1C.N=C(N)c1ccccc1. The van der Waals surface area contributed by atoms with Crippen molar-refractivity contribution in [3.63, 3.8) is 0 Å². The molecule has 21 heavy (non-hydrogen) atoms. The van der Waals surface area contributed by atoms with E-state index in [0.29, 0.717) is 5.56 Å². The van der Waals surface area contributed by atoms with Crippen LogP contribution in [0, 0.1) is 19.3 Å². The van der Waals surface area contributed by atoms with E-state index in [1.54, 1.807) is 26.0 Å². The summed E-state index contributed by atoms with van der Waals surface area (Å²) >= 11 is 0. The number of aryl methyl sites for hydroxylation is 1. The number of hydrogen-bond acceptors (Lipinski definition) is 3. The smallest absolute Gasteiger partial charge is 0.294 e. The largest absolute Gasteiger partial charge is 0.384 e. The molecular formula is C15H18N2O3S. The third-order valence-corrected chi connectivity index (χ3v) is 3.92. The molecule has 2 rings (SSSR count). The van der Waals surface area contributed by atoms with E-state index in [0.717, 1.165) is 11.1 Å². The topological polar surface area (TPSA) is 104 Å². The molecule has 0 fully saturated rings. The van der Waals surface area contributed by atoms with Gasteiger partial charge in [-0.15, -0.1) is 0 Å². The number of rotatable bonds is 2. The number of nitrogens with one attached hydrogen (secondary N) is 1. The van der Waals surface area contributed by atoms with Crippen molar-refractivity contribution in [1.82, 2.24) is 0 Å². The zero-order valence-electron chi connectivity index (χ0n) is 11.9. The Hall–Kier alpha value is -2.18. The van der Waals surface area contributed by atoms with Crippen molar-refractivity contribution in [3.8, 4) is 0 Å². The van der Waals surface area contributed by atoms with Gasteiger partial charge < -0.3 is 5.73 Å². The first kappa shape index (κ1) is 16.9. The minimum Gasteiger partial charge on any atom is -0.384 e. The standard InChI is InChI=1S/C8H10O3S.C7H8N2/c1-6-4-3-5-8(7(6)2)12(9,10)11;8-7(9)6-4-2-1-3-5-6/h3-5H,1-2H3,(H,9,10,11);1-5H,(H3,8,9). The Kier molecular flexibility index (Phi) is 5.63. The van der Waals surface area contributed by atoms with Crippen molar-refractivity contribution in [3.05, 3.63) is 65.2 Å². The fourth-order valence-electron chi connectivity index (χ4n) is 1.62. The third-order valence-electron chi connectivity index (χ3n) is 2.92. The first-order valence-corrected chi connectivity index (χ1v) is 7.60. The summed E-state index contributed by atoms with van der Waals surface area (Å²) in [6.07, 6.45) is 0. The van der Waals surface area contributed by atoms with Crippen LogP contribution in [0.4, 0.5) is 0 Å². The summed E-state index contributed by atoms with van der Waals surface area (Å²) in [6.45, 7) is 3.46. The zero-order valence-corrected chi connectivity index (χ0v) is 12.7. The van der Waals surface area contributed by atoms with E-state index < -0.39 is 10.1 Å². The van der Waals surface area contributed by atoms with E-state index >= 15 is 0 Å². The van der Waals surface area contributed by atoms with Gasteiger partial charge in [0, 0.05) is 5.56 Å². The molecule has 2 aromatic carbocycles. The van der Waals surface area contributed by atoms with Gasteiger partial charge in [0.25, 0.3) is 10.1 Å². The molecule has 0 spiro atoms. The average molecular weight is 306 g/mol. The molecule has 6 heteroatoms. The number of nitrogens with two attached hydrogens (primary N) is 1. The Morgan fingerprint density at radius 2 is 1.62 bits per heavy atom. The predicted molar refractivity (Wildman–Crippen MR) is 83.2 cm³/mol. The van der Waals surface area contributed by atoms with Crippen molar-refractivity contribution in [2.75, 3.05) is 0 Å². The van der Waals surface area contributed by atoms with Crippen LogP contribution in [-0.4, -0.2) is 18.8 Å². The van der Waals surface area contributed by atoms with Crippen molar-refractivity contribution in [2.24, 2.45) is 5.73 Å². The second kappa shape index (κ2) is 7.01. The molecule has 4 N–H and O–H groups in total. The van der Waals surface area contributed by atoms with Crippen LogP contribution in [0.15, 0.2) is 53.4 Å². The highest BCUT2D eigenvalue weighted by Gasteiger charge is 2.12. The molecule has 0 aliphatic heterocycles. The van der Waals surface area contributed by atoms with Gasteiger partial charge in [-0.1, -0.05) is 42.5 Å². The van der Waals surface area contributed by atoms with Crippen molar-refractivity contribution in [1.29, 1.82) is 5.41 Å². The van der Waals surface area contributed by atoms with E-state index in [-0.39, 0.29) is 10.7 Å². The maximum atomic E-state index is 10.8. The minimum atomic E-state index is -4.06. The molecule has 2 aromatic rings. The van der Waals surface area contributed by atoms with Crippen LogP contribution in [0.2, 0.25) is 0 Å². The molecule has 0 amide bonds. The van der Waals surface area contributed by atoms with Gasteiger partial charge >= 0.3 is 0 Å². The lowest BCUT2D eigenvalue weighted by atomic mass is 10.1. The highest BCUT2D eigenvalue weighted by atomic mass is 32.2. The first-order valence-electron chi connectivity index (χ1n) is 6.16. The summed E-state index contributed by atoms with van der Waals surface area (Å²) in [5.74, 6) is 0.121. The molecule has 112 valence electrons. The van der Waals surface area contributed by atoms with Gasteiger partial charge in [0.05, 0.1) is 4.90 Å². The lowest BCUT2D eigenvalue weighted by molar-refractivity contribution is 0.482. The molecule has 0 saturated heterocycles. The van der Waals surface area contributed by atoms with Gasteiger partial charge in [0.15, 0.2) is 0 Å². The maximum absolute atomic E-state index is 10.8. The lowest BCUT2D eigenvalue weighted by Crippen LogP contribution is -2.10. The molecule has 0 heterocycles. The van der Waals surface area contributed by atoms with Crippen molar-refractivity contribution in [2.45, 2.75) is 18.7 Å². The molecule has 0 aliphatic carbocycles. The highest BCUT2D eigenvalue weighted by molar-refractivity contribution is 7.85. The average Bonchev–Trinajstić information content (AvgIpc) is 2.42. The molecule has 0 bridgehead atoms. The van der Waals surface area contributed by atoms with Crippen molar-refractivity contribution >= 4 is 16.0 Å². The summed E-state index contributed by atoms with van der Waals surface area (Å²) in [7, 11) is -4.06. The molecule has 0 atom stereocenters. The predicted octanol–water partition coefficient (Wildman–Crippen LogP) is 2.52. The number of benzene rings is 2. The summed E-state index contributed by atoms with van der Waals surface area (Å²) < 4.78 is 30.3. The second-order valence-electron chi connectivity index (χ2n) is 4.45. The van der Waals surface area contributed by atoms with Crippen LogP contribution in [0.5, 0.6) is 0 Å². The minimum absolute atomic E-state index is 0.0116. The monoisotopic (exact) mass is 306 g/mol. The third kappa shape index (κ3) is 5.02. The van der Waals surface area contributed by atoms with Gasteiger partial charge in [-0.25, -0.2) is 0 Å².